The van der Waals surface area contributed by atoms with Gasteiger partial charge in [-0.15, -0.1) is 11.3 Å². The Hall–Kier alpha value is -2.33. The Kier molecular flexibility index (Phi) is 7.42. The molecule has 1 aromatic carbocycles. The fraction of sp³-hybridized carbons (Fsp3) is 0.350. The average Bonchev–Trinajstić information content (AvgIpc) is 3.06. The van der Waals surface area contributed by atoms with Crippen LogP contribution in [-0.2, 0) is 9.53 Å². The SMILES string of the molecule is COC(=O)c1c(NC(=O)CN2CCN(c3ccc(Cl)c(Cl)c3)CC2)sc(C(N)=O)c1C. The number of carbonyl (C=O) groups excluding carboxylic acids is 3. The Labute approximate surface area is 193 Å². The molecule has 0 radical (unpaired) electrons. The third-order valence-corrected chi connectivity index (χ3v) is 6.98. The molecule has 1 aromatic heterocycles. The highest BCUT2D eigenvalue weighted by Gasteiger charge is 2.26. The van der Waals surface area contributed by atoms with E-state index in [0.29, 0.717) is 28.7 Å². The second-order valence-corrected chi connectivity index (χ2v) is 8.86. The molecule has 166 valence electrons. The normalized spacial score (nSPS) is 14.4. The minimum absolute atomic E-state index is 0.151. The van der Waals surface area contributed by atoms with Gasteiger partial charge in [-0.1, -0.05) is 23.2 Å². The molecule has 0 spiro atoms. The molecule has 1 saturated heterocycles. The largest absolute Gasteiger partial charge is 0.465 e. The van der Waals surface area contributed by atoms with Crippen LogP contribution in [0.4, 0.5) is 10.7 Å². The summed E-state index contributed by atoms with van der Waals surface area (Å²) < 4.78 is 4.78. The van der Waals surface area contributed by atoms with Crippen LogP contribution in [0, 0.1) is 6.92 Å². The highest BCUT2D eigenvalue weighted by Crippen LogP contribution is 2.33. The lowest BCUT2D eigenvalue weighted by molar-refractivity contribution is -0.117. The van der Waals surface area contributed by atoms with Crippen molar-refractivity contribution in [3.63, 3.8) is 0 Å². The molecule has 2 aromatic rings. The van der Waals surface area contributed by atoms with E-state index in [2.05, 4.69) is 10.2 Å². The van der Waals surface area contributed by atoms with Gasteiger partial charge in [0, 0.05) is 31.9 Å². The third-order valence-electron chi connectivity index (χ3n) is 5.02. The molecule has 0 atom stereocenters. The first-order valence-electron chi connectivity index (χ1n) is 9.45. The molecular weight excluding hydrogens is 463 g/mol. The fourth-order valence-corrected chi connectivity index (χ4v) is 4.76. The quantitative estimate of drug-likeness (QED) is 0.610. The van der Waals surface area contributed by atoms with Crippen molar-refractivity contribution in [3.05, 3.63) is 44.2 Å². The number of esters is 1. The molecule has 8 nitrogen and oxygen atoms in total. The lowest BCUT2D eigenvalue weighted by atomic mass is 10.1. The number of amides is 2. The van der Waals surface area contributed by atoms with Gasteiger partial charge in [-0.05, 0) is 30.7 Å². The lowest BCUT2D eigenvalue weighted by Gasteiger charge is -2.35. The number of carbonyl (C=O) groups is 3. The van der Waals surface area contributed by atoms with Crippen molar-refractivity contribution in [3.8, 4) is 0 Å². The van der Waals surface area contributed by atoms with Gasteiger partial charge in [0.25, 0.3) is 5.91 Å². The van der Waals surface area contributed by atoms with Gasteiger partial charge < -0.3 is 20.7 Å². The van der Waals surface area contributed by atoms with Crippen LogP contribution in [0.5, 0.6) is 0 Å². The second kappa shape index (κ2) is 9.86. The van der Waals surface area contributed by atoms with E-state index in [1.54, 1.807) is 13.0 Å². The first-order chi connectivity index (χ1) is 14.7. The predicted molar refractivity (Wildman–Crippen MR) is 123 cm³/mol. The number of piperazine rings is 1. The van der Waals surface area contributed by atoms with Crippen LogP contribution in [-0.4, -0.2) is 62.5 Å². The average molecular weight is 485 g/mol. The molecule has 31 heavy (non-hydrogen) atoms. The summed E-state index contributed by atoms with van der Waals surface area (Å²) in [6.45, 7) is 4.55. The van der Waals surface area contributed by atoms with Gasteiger partial charge in [0.1, 0.15) is 5.00 Å². The Morgan fingerprint density at radius 2 is 1.84 bits per heavy atom. The maximum Gasteiger partial charge on any atom is 0.341 e. The number of nitrogens with one attached hydrogen (secondary N) is 1. The van der Waals surface area contributed by atoms with Crippen molar-refractivity contribution < 1.29 is 19.1 Å². The van der Waals surface area contributed by atoms with E-state index in [1.807, 2.05) is 17.0 Å². The molecule has 0 aliphatic carbocycles. The van der Waals surface area contributed by atoms with Crippen molar-refractivity contribution >= 4 is 63.0 Å². The zero-order valence-corrected chi connectivity index (χ0v) is 19.4. The number of primary amides is 1. The van der Waals surface area contributed by atoms with Gasteiger partial charge in [-0.25, -0.2) is 4.79 Å². The summed E-state index contributed by atoms with van der Waals surface area (Å²) in [4.78, 5) is 40.8. The van der Waals surface area contributed by atoms with Crippen molar-refractivity contribution in [2.24, 2.45) is 5.73 Å². The molecule has 0 saturated carbocycles. The Balaban J connectivity index is 1.62. The van der Waals surface area contributed by atoms with E-state index >= 15 is 0 Å². The Morgan fingerprint density at radius 1 is 1.16 bits per heavy atom. The summed E-state index contributed by atoms with van der Waals surface area (Å²) in [5, 5.41) is 4.00. The number of halogens is 2. The van der Waals surface area contributed by atoms with Crippen LogP contribution < -0.4 is 16.0 Å². The number of methoxy groups -OCH3 is 1. The molecule has 0 unspecified atom stereocenters. The molecule has 1 fully saturated rings. The van der Waals surface area contributed by atoms with Crippen LogP contribution in [0.25, 0.3) is 0 Å². The number of hydrogen-bond donors (Lipinski definition) is 2. The standard InChI is InChI=1S/C20H22Cl2N4O4S/c1-11-16(20(29)30-2)19(31-17(11)18(23)28)24-15(27)10-25-5-7-26(8-6-25)12-3-4-13(21)14(22)9-12/h3-4,9H,5-8,10H2,1-2H3,(H2,23,28)(H,24,27). The number of ether oxygens (including phenoxy) is 1. The minimum atomic E-state index is -0.661. The van der Waals surface area contributed by atoms with Gasteiger partial charge in [0.15, 0.2) is 0 Å². The fourth-order valence-electron chi connectivity index (χ4n) is 3.40. The third kappa shape index (κ3) is 5.30. The van der Waals surface area contributed by atoms with Gasteiger partial charge in [0.2, 0.25) is 5.91 Å². The number of rotatable bonds is 6. The number of nitrogens with two attached hydrogens (primary N) is 1. The van der Waals surface area contributed by atoms with Crippen molar-refractivity contribution in [2.45, 2.75) is 6.92 Å². The van der Waals surface area contributed by atoms with Crippen LogP contribution in [0.1, 0.15) is 25.6 Å². The highest BCUT2D eigenvalue weighted by molar-refractivity contribution is 7.18. The summed E-state index contributed by atoms with van der Waals surface area (Å²) in [6, 6.07) is 5.51. The topological polar surface area (TPSA) is 105 Å². The van der Waals surface area contributed by atoms with Crippen LogP contribution in [0.15, 0.2) is 18.2 Å². The number of benzene rings is 1. The summed E-state index contributed by atoms with van der Waals surface area (Å²) in [7, 11) is 1.24. The molecule has 2 heterocycles. The molecule has 2 amide bonds. The summed E-state index contributed by atoms with van der Waals surface area (Å²) >= 11 is 13.1. The Morgan fingerprint density at radius 3 is 2.42 bits per heavy atom. The van der Waals surface area contributed by atoms with Crippen LogP contribution in [0.2, 0.25) is 10.0 Å². The van der Waals surface area contributed by atoms with E-state index in [9.17, 15) is 14.4 Å². The monoisotopic (exact) mass is 484 g/mol. The molecule has 1 aliphatic rings. The van der Waals surface area contributed by atoms with E-state index in [-0.39, 0.29) is 27.9 Å². The predicted octanol–water partition coefficient (Wildman–Crippen LogP) is 3.01. The highest BCUT2D eigenvalue weighted by atomic mass is 35.5. The smallest absolute Gasteiger partial charge is 0.341 e. The van der Waals surface area contributed by atoms with Crippen molar-refractivity contribution in [2.75, 3.05) is 50.1 Å². The molecule has 0 bridgehead atoms. The van der Waals surface area contributed by atoms with E-state index in [1.165, 1.54) is 7.11 Å². The summed E-state index contributed by atoms with van der Waals surface area (Å²) in [5.74, 6) is -1.58. The maximum atomic E-state index is 12.6. The second-order valence-electron chi connectivity index (χ2n) is 7.03. The molecule has 11 heteroatoms. The van der Waals surface area contributed by atoms with Gasteiger partial charge in [-0.3, -0.25) is 14.5 Å². The number of nitrogens with zero attached hydrogens (tertiary/aromatic N) is 2. The van der Waals surface area contributed by atoms with Crippen molar-refractivity contribution in [1.29, 1.82) is 0 Å². The van der Waals surface area contributed by atoms with Gasteiger partial charge in [0.05, 0.1) is 34.1 Å². The van der Waals surface area contributed by atoms with Crippen molar-refractivity contribution in [1.82, 2.24) is 4.90 Å². The molecule has 3 N–H and O–H groups in total. The zero-order chi connectivity index (χ0) is 22.7. The summed E-state index contributed by atoms with van der Waals surface area (Å²) in [5.41, 5.74) is 6.91. The lowest BCUT2D eigenvalue weighted by Crippen LogP contribution is -2.48. The van der Waals surface area contributed by atoms with Gasteiger partial charge in [-0.2, -0.15) is 0 Å². The summed E-state index contributed by atoms with van der Waals surface area (Å²) in [6.07, 6.45) is 0. The van der Waals surface area contributed by atoms with Crippen LogP contribution >= 0.6 is 34.5 Å². The van der Waals surface area contributed by atoms with Crippen LogP contribution in [0.3, 0.4) is 0 Å². The molecule has 3 rings (SSSR count). The first kappa shape index (κ1) is 23.3. The Bertz CT molecular complexity index is 1020. The maximum absolute atomic E-state index is 12.6. The van der Waals surface area contributed by atoms with E-state index in [4.69, 9.17) is 33.7 Å². The number of thiophene rings is 1. The first-order valence-corrected chi connectivity index (χ1v) is 11.0. The zero-order valence-electron chi connectivity index (χ0n) is 17.0. The number of anilines is 2. The van der Waals surface area contributed by atoms with Gasteiger partial charge >= 0.3 is 5.97 Å². The van der Waals surface area contributed by atoms with E-state index < -0.39 is 11.9 Å². The minimum Gasteiger partial charge on any atom is -0.465 e. The molecular formula is C20H22Cl2N4O4S. The van der Waals surface area contributed by atoms with E-state index in [0.717, 1.165) is 30.1 Å². The number of hydrogen-bond acceptors (Lipinski definition) is 7. The molecule has 1 aliphatic heterocycles.